The Kier molecular flexibility index (Phi) is 6.10. The van der Waals surface area contributed by atoms with Crippen molar-refractivity contribution in [2.45, 2.75) is 38.5 Å². The number of hydrogen-bond acceptors (Lipinski definition) is 5. The number of furan rings is 1. The van der Waals surface area contributed by atoms with Crippen LogP contribution in [-0.2, 0) is 10.0 Å². The van der Waals surface area contributed by atoms with Gasteiger partial charge in [-0.3, -0.25) is 4.79 Å². The molecule has 3 rings (SSSR count). The molecule has 28 heavy (non-hydrogen) atoms. The Balaban J connectivity index is 2.01. The number of nitrogens with one attached hydrogen (secondary N) is 1. The van der Waals surface area contributed by atoms with Crippen LogP contribution in [0.5, 0.6) is 0 Å². The first kappa shape index (κ1) is 20.4. The molecule has 2 aromatic rings. The molecule has 1 fully saturated rings. The van der Waals surface area contributed by atoms with Crippen molar-refractivity contribution in [2.75, 3.05) is 36.4 Å². The van der Waals surface area contributed by atoms with Gasteiger partial charge in [-0.2, -0.15) is 4.31 Å². The molecule has 0 saturated carbocycles. The number of nitrogens with zero attached hydrogens (tertiary/aromatic N) is 2. The number of carbonyl (C=O) groups is 1. The highest BCUT2D eigenvalue weighted by Crippen LogP contribution is 2.33. The third kappa shape index (κ3) is 3.93. The average Bonchev–Trinajstić information content (AvgIpc) is 3.34. The highest BCUT2D eigenvalue weighted by atomic mass is 32.2. The molecule has 0 spiro atoms. The Morgan fingerprint density at radius 3 is 2.43 bits per heavy atom. The molecule has 8 heteroatoms. The van der Waals surface area contributed by atoms with Crippen LogP contribution < -0.4 is 10.2 Å². The van der Waals surface area contributed by atoms with Gasteiger partial charge in [-0.1, -0.05) is 13.8 Å². The van der Waals surface area contributed by atoms with Crippen LogP contribution in [0.25, 0.3) is 0 Å². The number of benzene rings is 1. The van der Waals surface area contributed by atoms with Gasteiger partial charge >= 0.3 is 0 Å². The van der Waals surface area contributed by atoms with Gasteiger partial charge in [-0.05, 0) is 44.0 Å². The fourth-order valence-electron chi connectivity index (χ4n) is 3.51. The maximum absolute atomic E-state index is 12.9. The molecular formula is C20H27N3O4S. The monoisotopic (exact) mass is 405 g/mol. The summed E-state index contributed by atoms with van der Waals surface area (Å²) in [4.78, 5) is 15.0. The fourth-order valence-corrected chi connectivity index (χ4v) is 4.99. The minimum absolute atomic E-state index is 0.172. The van der Waals surface area contributed by atoms with Crippen molar-refractivity contribution >= 4 is 27.3 Å². The SMILES string of the molecule is CCN(CC)S(=O)(=O)c1ccc(N2CCCC2)c(NC(=O)c2occc2C)c1. The Morgan fingerprint density at radius 2 is 1.86 bits per heavy atom. The van der Waals surface area contributed by atoms with Gasteiger partial charge in [0, 0.05) is 31.7 Å². The lowest BCUT2D eigenvalue weighted by atomic mass is 10.2. The lowest BCUT2D eigenvalue weighted by Crippen LogP contribution is -2.31. The number of amides is 1. The first-order valence-electron chi connectivity index (χ1n) is 9.63. The smallest absolute Gasteiger partial charge is 0.291 e. The lowest BCUT2D eigenvalue weighted by molar-refractivity contribution is 0.0996. The normalized spacial score (nSPS) is 14.6. The summed E-state index contributed by atoms with van der Waals surface area (Å²) in [6, 6.07) is 6.68. The zero-order valence-corrected chi connectivity index (χ0v) is 17.4. The van der Waals surface area contributed by atoms with Crippen LogP contribution in [0, 0.1) is 6.92 Å². The van der Waals surface area contributed by atoms with Gasteiger partial charge in [0.05, 0.1) is 22.5 Å². The molecule has 1 N–H and O–H groups in total. The lowest BCUT2D eigenvalue weighted by Gasteiger charge is -2.24. The van der Waals surface area contributed by atoms with E-state index in [2.05, 4.69) is 10.2 Å². The predicted octanol–water partition coefficient (Wildman–Crippen LogP) is 3.47. The van der Waals surface area contributed by atoms with Gasteiger partial charge in [0.1, 0.15) is 0 Å². The van der Waals surface area contributed by atoms with Crippen LogP contribution in [0.2, 0.25) is 0 Å². The largest absolute Gasteiger partial charge is 0.459 e. The molecule has 1 aromatic carbocycles. The Bertz CT molecular complexity index is 942. The van der Waals surface area contributed by atoms with Crippen LogP contribution in [0.3, 0.4) is 0 Å². The number of rotatable bonds is 7. The second kappa shape index (κ2) is 8.36. The van der Waals surface area contributed by atoms with E-state index in [4.69, 9.17) is 4.42 Å². The van der Waals surface area contributed by atoms with Crippen molar-refractivity contribution < 1.29 is 17.6 Å². The minimum atomic E-state index is -3.62. The molecule has 1 aliphatic heterocycles. The van der Waals surface area contributed by atoms with E-state index >= 15 is 0 Å². The van der Waals surface area contributed by atoms with Crippen molar-refractivity contribution in [1.82, 2.24) is 4.31 Å². The van der Waals surface area contributed by atoms with Crippen molar-refractivity contribution in [3.63, 3.8) is 0 Å². The second-order valence-corrected chi connectivity index (χ2v) is 8.79. The quantitative estimate of drug-likeness (QED) is 0.763. The Labute approximate surface area is 166 Å². The molecule has 0 bridgehead atoms. The summed E-state index contributed by atoms with van der Waals surface area (Å²) < 4.78 is 32.5. The molecule has 1 amide bonds. The summed E-state index contributed by atoms with van der Waals surface area (Å²) in [5, 5.41) is 2.86. The summed E-state index contributed by atoms with van der Waals surface area (Å²) in [7, 11) is -3.62. The van der Waals surface area contributed by atoms with Crippen LogP contribution in [-0.4, -0.2) is 44.8 Å². The summed E-state index contributed by atoms with van der Waals surface area (Å²) >= 11 is 0. The standard InChI is InChI=1S/C20H27N3O4S/c1-4-23(5-2)28(25,26)16-8-9-18(22-11-6-7-12-22)17(14-16)21-20(24)19-15(3)10-13-27-19/h8-10,13-14H,4-7,11-12H2,1-3H3,(H,21,24). The van der Waals surface area contributed by atoms with E-state index in [0.717, 1.165) is 37.2 Å². The van der Waals surface area contributed by atoms with Gasteiger partial charge in [-0.15, -0.1) is 0 Å². The number of aryl methyl sites for hydroxylation is 1. The Morgan fingerprint density at radius 1 is 1.18 bits per heavy atom. The number of sulfonamides is 1. The summed E-state index contributed by atoms with van der Waals surface area (Å²) in [6.07, 6.45) is 3.61. The minimum Gasteiger partial charge on any atom is -0.459 e. The zero-order valence-electron chi connectivity index (χ0n) is 16.6. The third-order valence-electron chi connectivity index (χ3n) is 5.07. The second-order valence-electron chi connectivity index (χ2n) is 6.85. The van der Waals surface area contributed by atoms with E-state index in [1.165, 1.54) is 10.6 Å². The molecule has 1 aliphatic rings. The molecule has 0 atom stereocenters. The van der Waals surface area contributed by atoms with Gasteiger partial charge in [0.15, 0.2) is 5.76 Å². The van der Waals surface area contributed by atoms with Gasteiger partial charge in [0.2, 0.25) is 10.0 Å². The van der Waals surface area contributed by atoms with E-state index in [1.807, 2.05) is 13.8 Å². The van der Waals surface area contributed by atoms with Gasteiger partial charge < -0.3 is 14.6 Å². The first-order valence-corrected chi connectivity index (χ1v) is 11.1. The van der Waals surface area contributed by atoms with E-state index in [1.54, 1.807) is 31.2 Å². The molecule has 0 unspecified atom stereocenters. The van der Waals surface area contributed by atoms with Crippen molar-refractivity contribution in [1.29, 1.82) is 0 Å². The summed E-state index contributed by atoms with van der Waals surface area (Å²) in [5.41, 5.74) is 2.04. The fraction of sp³-hybridized carbons (Fsp3) is 0.450. The first-order chi connectivity index (χ1) is 13.4. The highest BCUT2D eigenvalue weighted by molar-refractivity contribution is 7.89. The molecule has 0 radical (unpaired) electrons. The van der Waals surface area contributed by atoms with E-state index in [0.29, 0.717) is 18.8 Å². The van der Waals surface area contributed by atoms with E-state index < -0.39 is 10.0 Å². The Hall–Kier alpha value is -2.32. The van der Waals surface area contributed by atoms with Crippen LogP contribution in [0.1, 0.15) is 42.8 Å². The van der Waals surface area contributed by atoms with Crippen molar-refractivity contribution in [3.8, 4) is 0 Å². The zero-order chi connectivity index (χ0) is 20.3. The van der Waals surface area contributed by atoms with Crippen molar-refractivity contribution in [3.05, 3.63) is 41.9 Å². The molecule has 2 heterocycles. The molecule has 1 aromatic heterocycles. The topological polar surface area (TPSA) is 82.9 Å². The number of anilines is 2. The van der Waals surface area contributed by atoms with Crippen LogP contribution in [0.4, 0.5) is 11.4 Å². The van der Waals surface area contributed by atoms with Crippen molar-refractivity contribution in [2.24, 2.45) is 0 Å². The molecule has 1 saturated heterocycles. The molecule has 152 valence electrons. The summed E-state index contributed by atoms with van der Waals surface area (Å²) in [6.45, 7) is 7.95. The van der Waals surface area contributed by atoms with E-state index in [9.17, 15) is 13.2 Å². The predicted molar refractivity (Wildman–Crippen MR) is 109 cm³/mol. The maximum atomic E-state index is 12.9. The number of hydrogen-bond donors (Lipinski definition) is 1. The van der Waals surface area contributed by atoms with E-state index in [-0.39, 0.29) is 16.6 Å². The highest BCUT2D eigenvalue weighted by Gasteiger charge is 2.25. The third-order valence-corrected chi connectivity index (χ3v) is 7.12. The molecule has 0 aliphatic carbocycles. The molecule has 7 nitrogen and oxygen atoms in total. The van der Waals surface area contributed by atoms with Crippen LogP contribution >= 0.6 is 0 Å². The molecular weight excluding hydrogens is 378 g/mol. The average molecular weight is 406 g/mol. The summed E-state index contributed by atoms with van der Waals surface area (Å²) in [5.74, 6) is -0.162. The van der Waals surface area contributed by atoms with Gasteiger partial charge in [-0.25, -0.2) is 8.42 Å². The van der Waals surface area contributed by atoms with Gasteiger partial charge in [0.25, 0.3) is 5.91 Å². The van der Waals surface area contributed by atoms with Crippen LogP contribution in [0.15, 0.2) is 39.8 Å². The number of carbonyl (C=O) groups excluding carboxylic acids is 1. The maximum Gasteiger partial charge on any atom is 0.291 e.